The van der Waals surface area contributed by atoms with Crippen molar-refractivity contribution in [3.05, 3.63) is 58.5 Å². The predicted octanol–water partition coefficient (Wildman–Crippen LogP) is 4.87. The van der Waals surface area contributed by atoms with Crippen LogP contribution in [0.3, 0.4) is 0 Å². The molecule has 1 heterocycles. The molecule has 2 aromatic carbocycles. The Morgan fingerprint density at radius 2 is 2.00 bits per heavy atom. The number of carbonyl (C=O) groups excluding carboxylic acids is 2. The summed E-state index contributed by atoms with van der Waals surface area (Å²) >= 11 is 1.41. The Kier molecular flexibility index (Phi) is 4.26. The molecule has 1 aromatic heterocycles. The Labute approximate surface area is 138 Å². The van der Waals surface area contributed by atoms with Gasteiger partial charge in [-0.05, 0) is 53.9 Å². The van der Waals surface area contributed by atoms with Crippen molar-refractivity contribution < 1.29 is 14.3 Å². The first kappa shape index (κ1) is 15.4. The lowest BCUT2D eigenvalue weighted by Gasteiger charge is -2.06. The minimum absolute atomic E-state index is 0.289. The number of hydrogen-bond acceptors (Lipinski definition) is 4. The molecule has 0 atom stereocenters. The van der Waals surface area contributed by atoms with Gasteiger partial charge < -0.3 is 4.74 Å². The molecule has 0 amide bonds. The maximum Gasteiger partial charge on any atom is 0.348 e. The summed E-state index contributed by atoms with van der Waals surface area (Å²) in [5.74, 6) is -0.289. The standard InChI is InChI=1S/C19H16O3S/c1-3-22-19(21)18-9-8-17(23-18)14-6-7-15-13(10-14)5-4-12(2)16(15)11-20/h4-11H,3H2,1-2H3. The first-order valence-corrected chi connectivity index (χ1v) is 8.21. The highest BCUT2D eigenvalue weighted by molar-refractivity contribution is 7.17. The Hall–Kier alpha value is -2.46. The molecule has 0 unspecified atom stereocenters. The molecule has 23 heavy (non-hydrogen) atoms. The molecule has 0 saturated carbocycles. The summed E-state index contributed by atoms with van der Waals surface area (Å²) in [4.78, 5) is 24.7. The van der Waals surface area contributed by atoms with Crippen molar-refractivity contribution >= 4 is 34.4 Å². The molecule has 0 saturated heterocycles. The highest BCUT2D eigenvalue weighted by Crippen LogP contribution is 2.32. The van der Waals surface area contributed by atoms with Crippen molar-refractivity contribution in [3.8, 4) is 10.4 Å². The number of aryl methyl sites for hydroxylation is 1. The van der Waals surface area contributed by atoms with Crippen LogP contribution >= 0.6 is 11.3 Å². The Bertz CT molecular complexity index is 893. The molecule has 3 aromatic rings. The maximum atomic E-state index is 11.8. The smallest absolute Gasteiger partial charge is 0.348 e. The van der Waals surface area contributed by atoms with Crippen molar-refractivity contribution in [2.24, 2.45) is 0 Å². The van der Waals surface area contributed by atoms with Gasteiger partial charge in [-0.3, -0.25) is 4.79 Å². The van der Waals surface area contributed by atoms with Crippen molar-refractivity contribution in [2.75, 3.05) is 6.61 Å². The van der Waals surface area contributed by atoms with Crippen molar-refractivity contribution in [1.29, 1.82) is 0 Å². The fourth-order valence-electron chi connectivity index (χ4n) is 2.58. The third kappa shape index (κ3) is 2.90. The first-order valence-electron chi connectivity index (χ1n) is 7.40. The van der Waals surface area contributed by atoms with Gasteiger partial charge in [0.15, 0.2) is 6.29 Å². The Morgan fingerprint density at radius 3 is 2.74 bits per heavy atom. The molecule has 0 radical (unpaired) electrons. The second kappa shape index (κ2) is 6.34. The number of hydrogen-bond donors (Lipinski definition) is 0. The molecule has 0 fully saturated rings. The van der Waals surface area contributed by atoms with Crippen molar-refractivity contribution in [2.45, 2.75) is 13.8 Å². The van der Waals surface area contributed by atoms with E-state index in [0.29, 0.717) is 11.5 Å². The first-order chi connectivity index (χ1) is 11.1. The van der Waals surface area contributed by atoms with E-state index >= 15 is 0 Å². The third-order valence-corrected chi connectivity index (χ3v) is 4.88. The van der Waals surface area contributed by atoms with Gasteiger partial charge in [0.1, 0.15) is 4.88 Å². The normalized spacial score (nSPS) is 10.7. The molecule has 0 bridgehead atoms. The summed E-state index contributed by atoms with van der Waals surface area (Å²) in [6.45, 7) is 4.10. The number of benzene rings is 2. The number of esters is 1. The zero-order valence-electron chi connectivity index (χ0n) is 13.0. The molecule has 0 aliphatic carbocycles. The summed E-state index contributed by atoms with van der Waals surface area (Å²) in [6.07, 6.45) is 0.904. The quantitative estimate of drug-likeness (QED) is 0.508. The SMILES string of the molecule is CCOC(=O)c1ccc(-c2ccc3c(C=O)c(C)ccc3c2)s1. The van der Waals surface area contributed by atoms with Crippen LogP contribution in [0.1, 0.15) is 32.5 Å². The number of ether oxygens (including phenoxy) is 1. The average molecular weight is 324 g/mol. The number of aldehydes is 1. The molecule has 116 valence electrons. The highest BCUT2D eigenvalue weighted by atomic mass is 32.1. The van der Waals surface area contributed by atoms with E-state index in [4.69, 9.17) is 4.74 Å². The molecular formula is C19H16O3S. The molecule has 3 nitrogen and oxygen atoms in total. The molecule has 0 aliphatic heterocycles. The van der Waals surface area contributed by atoms with Gasteiger partial charge in [-0.2, -0.15) is 0 Å². The molecule has 0 aliphatic rings. The maximum absolute atomic E-state index is 11.8. The van der Waals surface area contributed by atoms with Gasteiger partial charge in [0.05, 0.1) is 6.61 Å². The highest BCUT2D eigenvalue weighted by Gasteiger charge is 2.12. The summed E-state index contributed by atoms with van der Waals surface area (Å²) in [5.41, 5.74) is 2.73. The van der Waals surface area contributed by atoms with Crippen LogP contribution in [0.2, 0.25) is 0 Å². The van der Waals surface area contributed by atoms with E-state index in [1.165, 1.54) is 11.3 Å². The number of rotatable bonds is 4. The summed E-state index contributed by atoms with van der Waals surface area (Å²) in [7, 11) is 0. The fourth-order valence-corrected chi connectivity index (χ4v) is 3.47. The Balaban J connectivity index is 2.03. The lowest BCUT2D eigenvalue weighted by Crippen LogP contribution is -2.01. The van der Waals surface area contributed by atoms with E-state index < -0.39 is 0 Å². The predicted molar refractivity (Wildman–Crippen MR) is 93.3 cm³/mol. The molecule has 0 N–H and O–H groups in total. The van der Waals surface area contributed by atoms with Crippen LogP contribution in [0.25, 0.3) is 21.2 Å². The zero-order chi connectivity index (χ0) is 16.4. The van der Waals surface area contributed by atoms with E-state index in [2.05, 4.69) is 0 Å². The van der Waals surface area contributed by atoms with Gasteiger partial charge >= 0.3 is 5.97 Å². The van der Waals surface area contributed by atoms with E-state index in [0.717, 1.165) is 38.6 Å². The number of carbonyl (C=O) groups is 2. The van der Waals surface area contributed by atoms with Gasteiger partial charge in [-0.1, -0.05) is 24.3 Å². The van der Waals surface area contributed by atoms with Crippen molar-refractivity contribution in [3.63, 3.8) is 0 Å². The van der Waals surface area contributed by atoms with Gasteiger partial charge in [0.2, 0.25) is 0 Å². The number of thiophene rings is 1. The summed E-state index contributed by atoms with van der Waals surface area (Å²) in [5, 5.41) is 1.97. The minimum Gasteiger partial charge on any atom is -0.462 e. The second-order valence-corrected chi connectivity index (χ2v) is 6.32. The molecule has 0 spiro atoms. The monoisotopic (exact) mass is 324 g/mol. The molecule has 3 rings (SSSR count). The lowest BCUT2D eigenvalue weighted by molar-refractivity contribution is 0.0532. The molecule has 4 heteroatoms. The number of fused-ring (bicyclic) bond motifs is 1. The fraction of sp³-hybridized carbons (Fsp3) is 0.158. The lowest BCUT2D eigenvalue weighted by atomic mass is 9.98. The Morgan fingerprint density at radius 1 is 1.17 bits per heavy atom. The van der Waals surface area contributed by atoms with Crippen molar-refractivity contribution in [1.82, 2.24) is 0 Å². The second-order valence-electron chi connectivity index (χ2n) is 5.23. The van der Waals surface area contributed by atoms with Gasteiger partial charge in [0, 0.05) is 10.4 Å². The van der Waals surface area contributed by atoms with E-state index in [1.807, 2.05) is 43.3 Å². The van der Waals surface area contributed by atoms with E-state index in [9.17, 15) is 9.59 Å². The third-order valence-electron chi connectivity index (χ3n) is 3.76. The largest absolute Gasteiger partial charge is 0.462 e. The van der Waals surface area contributed by atoms with Gasteiger partial charge in [0.25, 0.3) is 0 Å². The van der Waals surface area contributed by atoms with Crippen LogP contribution in [0, 0.1) is 6.92 Å². The van der Waals surface area contributed by atoms with Crippen LogP contribution in [-0.2, 0) is 4.74 Å². The van der Waals surface area contributed by atoms with Crippen LogP contribution in [0.15, 0.2) is 42.5 Å². The summed E-state index contributed by atoms with van der Waals surface area (Å²) in [6, 6.07) is 13.7. The molecular weight excluding hydrogens is 308 g/mol. The summed E-state index contributed by atoms with van der Waals surface area (Å²) < 4.78 is 5.02. The zero-order valence-corrected chi connectivity index (χ0v) is 13.8. The van der Waals surface area contributed by atoms with Crippen LogP contribution in [-0.4, -0.2) is 18.9 Å². The topological polar surface area (TPSA) is 43.4 Å². The van der Waals surface area contributed by atoms with E-state index in [-0.39, 0.29) is 5.97 Å². The van der Waals surface area contributed by atoms with Crippen LogP contribution < -0.4 is 0 Å². The van der Waals surface area contributed by atoms with Crippen LogP contribution in [0.5, 0.6) is 0 Å². The minimum atomic E-state index is -0.289. The van der Waals surface area contributed by atoms with E-state index in [1.54, 1.807) is 13.0 Å². The average Bonchev–Trinajstić information content (AvgIpc) is 3.05. The van der Waals surface area contributed by atoms with Crippen LogP contribution in [0.4, 0.5) is 0 Å². The van der Waals surface area contributed by atoms with Gasteiger partial charge in [-0.25, -0.2) is 4.79 Å². The van der Waals surface area contributed by atoms with Gasteiger partial charge in [-0.15, -0.1) is 11.3 Å².